The fourth-order valence-corrected chi connectivity index (χ4v) is 1.26. The van der Waals surface area contributed by atoms with Crippen LogP contribution in [-0.4, -0.2) is 33.3 Å². The van der Waals surface area contributed by atoms with E-state index in [0.717, 1.165) is 2.90 Å². The van der Waals surface area contributed by atoms with Crippen LogP contribution in [0.1, 0.15) is 0 Å². The molecule has 0 saturated carbocycles. The summed E-state index contributed by atoms with van der Waals surface area (Å²) in [6.45, 7) is 0. The second kappa shape index (κ2) is 2.97. The van der Waals surface area contributed by atoms with Gasteiger partial charge < -0.3 is 0 Å². The molecule has 9 heavy (non-hydrogen) atoms. The molecule has 4 nitrogen and oxygen atoms in total. The molecule has 0 atom stereocenters. The molecule has 0 amide bonds. The molecule has 0 aliphatic carbocycles. The molecule has 0 fully saturated rings. The van der Waals surface area contributed by atoms with E-state index in [0.29, 0.717) is 0 Å². The molecule has 5 heteroatoms. The van der Waals surface area contributed by atoms with E-state index < -0.39 is 21.8 Å². The van der Waals surface area contributed by atoms with Crippen molar-refractivity contribution in [1.82, 2.24) is 8.00 Å². The first-order chi connectivity index (χ1) is 4.34. The Morgan fingerprint density at radius 2 is 2.56 bits per heavy atom. The number of nitrogens with zero attached hydrogens (tertiary/aromatic N) is 2. The third-order valence-electron chi connectivity index (χ3n) is 0.810. The van der Waals surface area contributed by atoms with Crippen LogP contribution in [0.2, 0.25) is 0 Å². The van der Waals surface area contributed by atoms with Crippen LogP contribution in [0.5, 0.6) is 0 Å². The Balaban J connectivity index is 3.16. The molecule has 0 spiro atoms. The van der Waals surface area contributed by atoms with Gasteiger partial charge in [-0.25, -0.2) is 0 Å². The minimum atomic E-state index is -1.69. The van der Waals surface area contributed by atoms with E-state index in [4.69, 9.17) is 3.44 Å². The molecular weight excluding hydrogens is 227 g/mol. The van der Waals surface area contributed by atoms with Crippen LogP contribution < -0.4 is 5.56 Å². The molecule has 0 aliphatic heterocycles. The topological polar surface area (TPSA) is 55.1 Å². The molecular formula is C4H4N2O2Sn. The second-order valence-electron chi connectivity index (χ2n) is 1.37. The molecule has 1 aromatic rings. The molecule has 2 radical (unpaired) electrons. The predicted molar refractivity (Wildman–Crippen MR) is 31.9 cm³/mol. The zero-order valence-corrected chi connectivity index (χ0v) is 7.34. The van der Waals surface area contributed by atoms with Crippen LogP contribution in [0.25, 0.3) is 0 Å². The van der Waals surface area contributed by atoms with Gasteiger partial charge in [-0.2, -0.15) is 0 Å². The van der Waals surface area contributed by atoms with Crippen molar-refractivity contribution in [1.29, 1.82) is 0 Å². The van der Waals surface area contributed by atoms with E-state index >= 15 is 0 Å². The van der Waals surface area contributed by atoms with Gasteiger partial charge >= 0.3 is 62.0 Å². The molecule has 0 bridgehead atoms. The first-order valence-electron chi connectivity index (χ1n) is 2.29. The standard InChI is InChI=1S/C4H4N2O.H2O.Sn/c7-4-2-1-3-5-6-4;;/h1-3H,(H,6,7);1H2;/q;;+2/p-2. The molecule has 0 aromatic carbocycles. The van der Waals surface area contributed by atoms with E-state index in [1.807, 2.05) is 0 Å². The van der Waals surface area contributed by atoms with Gasteiger partial charge in [-0.15, -0.1) is 0 Å². The van der Waals surface area contributed by atoms with Crippen LogP contribution in [0.4, 0.5) is 0 Å². The second-order valence-corrected chi connectivity index (χ2v) is 3.15. The van der Waals surface area contributed by atoms with Gasteiger partial charge in [0.25, 0.3) is 0 Å². The maximum absolute atomic E-state index is 10.6. The van der Waals surface area contributed by atoms with Crippen molar-refractivity contribution < 1.29 is 3.44 Å². The molecule has 0 unspecified atom stereocenters. The molecule has 1 aromatic heterocycles. The van der Waals surface area contributed by atoms with Gasteiger partial charge in [0.15, 0.2) is 0 Å². The fourth-order valence-electron chi connectivity index (χ4n) is 0.433. The number of aromatic nitrogens is 2. The summed E-state index contributed by atoms with van der Waals surface area (Å²) in [6.07, 6.45) is 1.48. The summed E-state index contributed by atoms with van der Waals surface area (Å²) >= 11 is -1.69. The van der Waals surface area contributed by atoms with Crippen LogP contribution >= 0.6 is 0 Å². The van der Waals surface area contributed by atoms with Crippen molar-refractivity contribution in [3.05, 3.63) is 28.7 Å². The fraction of sp³-hybridized carbons (Fsp3) is 0. The average Bonchev–Trinajstić information content (AvgIpc) is 1.89. The summed E-state index contributed by atoms with van der Waals surface area (Å²) in [5, 5.41) is 3.63. The van der Waals surface area contributed by atoms with Crippen LogP contribution in [0, 0.1) is 0 Å². The van der Waals surface area contributed by atoms with Crippen LogP contribution in [-0.2, 0) is 0 Å². The molecule has 1 N–H and O–H groups in total. The molecule has 46 valence electrons. The van der Waals surface area contributed by atoms with Crippen LogP contribution in [0.3, 0.4) is 0 Å². The zero-order chi connectivity index (χ0) is 6.69. The summed E-state index contributed by atoms with van der Waals surface area (Å²) in [5.41, 5.74) is -0.216. The van der Waals surface area contributed by atoms with Crippen molar-refractivity contribution in [2.24, 2.45) is 0 Å². The Labute approximate surface area is 62.3 Å². The van der Waals surface area contributed by atoms with Crippen molar-refractivity contribution >= 4 is 21.8 Å². The van der Waals surface area contributed by atoms with Gasteiger partial charge in [-0.3, -0.25) is 0 Å². The van der Waals surface area contributed by atoms with Gasteiger partial charge in [0, 0.05) is 0 Å². The Kier molecular flexibility index (Phi) is 2.23. The quantitative estimate of drug-likeness (QED) is 0.605. The third-order valence-corrected chi connectivity index (χ3v) is 2.31. The summed E-state index contributed by atoms with van der Waals surface area (Å²) in [5.74, 6) is 0. The summed E-state index contributed by atoms with van der Waals surface area (Å²) < 4.78 is 9.72. The predicted octanol–water partition coefficient (Wildman–Crippen LogP) is -1.38. The van der Waals surface area contributed by atoms with Gasteiger partial charge in [-0.1, -0.05) is 0 Å². The van der Waals surface area contributed by atoms with Crippen molar-refractivity contribution in [3.63, 3.8) is 0 Å². The van der Waals surface area contributed by atoms with Crippen molar-refractivity contribution in [3.8, 4) is 0 Å². The van der Waals surface area contributed by atoms with E-state index in [1.54, 1.807) is 6.07 Å². The third kappa shape index (κ3) is 1.52. The SMILES string of the molecule is O=c1cccn[n]1[Sn][OH]. The molecule has 1 rings (SSSR count). The number of hydrogen-bond acceptors (Lipinski definition) is 3. The Bertz CT molecular complexity index is 246. The molecule has 0 saturated heterocycles. The summed E-state index contributed by atoms with van der Waals surface area (Å²) in [7, 11) is 0. The van der Waals surface area contributed by atoms with Crippen molar-refractivity contribution in [2.75, 3.05) is 0 Å². The Morgan fingerprint density at radius 1 is 1.78 bits per heavy atom. The van der Waals surface area contributed by atoms with E-state index in [2.05, 4.69) is 5.10 Å². The van der Waals surface area contributed by atoms with Gasteiger partial charge in [0.05, 0.1) is 0 Å². The zero-order valence-electron chi connectivity index (χ0n) is 4.48. The normalized spacial score (nSPS) is 9.44. The Morgan fingerprint density at radius 3 is 3.00 bits per heavy atom. The summed E-state index contributed by atoms with van der Waals surface area (Å²) in [6, 6.07) is 2.93. The average molecular weight is 231 g/mol. The first-order valence-corrected chi connectivity index (χ1v) is 4.84. The monoisotopic (exact) mass is 232 g/mol. The van der Waals surface area contributed by atoms with Gasteiger partial charge in [0.1, 0.15) is 0 Å². The Hall–Kier alpha value is -0.361. The number of rotatable bonds is 1. The molecule has 0 aliphatic rings. The van der Waals surface area contributed by atoms with Gasteiger partial charge in [0.2, 0.25) is 0 Å². The maximum atomic E-state index is 10.6. The number of hydrogen-bond donors (Lipinski definition) is 1. The van der Waals surface area contributed by atoms with E-state index in [1.165, 1.54) is 12.3 Å². The van der Waals surface area contributed by atoms with E-state index in [9.17, 15) is 4.79 Å². The van der Waals surface area contributed by atoms with Crippen LogP contribution in [0.15, 0.2) is 23.1 Å². The minimum absolute atomic E-state index is 0.216. The molecule has 1 heterocycles. The van der Waals surface area contributed by atoms with Gasteiger partial charge in [-0.05, 0) is 0 Å². The first kappa shape index (κ1) is 6.75. The van der Waals surface area contributed by atoms with Crippen molar-refractivity contribution in [2.45, 2.75) is 0 Å². The summed E-state index contributed by atoms with van der Waals surface area (Å²) in [4.78, 5) is 10.6. The van der Waals surface area contributed by atoms with E-state index in [-0.39, 0.29) is 5.56 Å².